The second-order valence-corrected chi connectivity index (χ2v) is 4.53. The zero-order chi connectivity index (χ0) is 15.1. The number of hydrogen-bond donors (Lipinski definition) is 1. The van der Waals surface area contributed by atoms with Crippen LogP contribution in [0.1, 0.15) is 10.4 Å². The summed E-state index contributed by atoms with van der Waals surface area (Å²) in [4.78, 5) is 12.1. The lowest BCUT2D eigenvalue weighted by molar-refractivity contribution is 0.0937. The molecule has 0 aliphatic rings. The Hall–Kier alpha value is -2.33. The molecule has 2 rings (SSSR count). The van der Waals surface area contributed by atoms with Crippen molar-refractivity contribution >= 4 is 5.91 Å². The molecule has 21 heavy (non-hydrogen) atoms. The van der Waals surface area contributed by atoms with E-state index in [0.29, 0.717) is 18.7 Å². The molecule has 0 atom stereocenters. The van der Waals surface area contributed by atoms with Crippen LogP contribution in [0, 0.1) is 0 Å². The molecule has 1 amide bonds. The smallest absolute Gasteiger partial charge is 0.251 e. The molecule has 4 heteroatoms. The molecule has 4 nitrogen and oxygen atoms in total. The molecule has 0 saturated carbocycles. The number of amides is 1. The van der Waals surface area contributed by atoms with Crippen molar-refractivity contribution in [2.24, 2.45) is 0 Å². The molecule has 2 aromatic carbocycles. The minimum atomic E-state index is -0.119. The maximum atomic E-state index is 12.1. The van der Waals surface area contributed by atoms with Crippen LogP contribution in [0.3, 0.4) is 0 Å². The van der Waals surface area contributed by atoms with Crippen LogP contribution in [0.25, 0.3) is 11.1 Å². The number of methoxy groups -OCH3 is 2. The summed E-state index contributed by atoms with van der Waals surface area (Å²) in [5, 5.41) is 2.81. The highest BCUT2D eigenvalue weighted by atomic mass is 16.5. The number of ether oxygens (including phenoxy) is 2. The van der Waals surface area contributed by atoms with E-state index in [1.165, 1.54) is 0 Å². The molecular formula is C17H19NO3. The summed E-state index contributed by atoms with van der Waals surface area (Å²) in [5.41, 5.74) is 2.52. The van der Waals surface area contributed by atoms with Gasteiger partial charge in [-0.05, 0) is 23.8 Å². The standard InChI is InChI=1S/C17H19NO3/c1-20-11-10-18-17(19)14-8-9-16(21-2)15(12-14)13-6-4-3-5-7-13/h3-9,12H,10-11H2,1-2H3,(H,18,19). The van der Waals surface area contributed by atoms with Crippen LogP contribution < -0.4 is 10.1 Å². The minimum Gasteiger partial charge on any atom is -0.496 e. The third kappa shape index (κ3) is 3.83. The molecule has 0 aliphatic carbocycles. The van der Waals surface area contributed by atoms with E-state index < -0.39 is 0 Å². The molecule has 0 unspecified atom stereocenters. The van der Waals surface area contributed by atoms with Crippen LogP contribution >= 0.6 is 0 Å². The van der Waals surface area contributed by atoms with Crippen LogP contribution in [0.5, 0.6) is 5.75 Å². The topological polar surface area (TPSA) is 47.6 Å². The van der Waals surface area contributed by atoms with E-state index in [1.54, 1.807) is 20.3 Å². The number of carbonyl (C=O) groups is 1. The first-order chi connectivity index (χ1) is 10.3. The zero-order valence-electron chi connectivity index (χ0n) is 12.3. The van der Waals surface area contributed by atoms with E-state index in [4.69, 9.17) is 9.47 Å². The summed E-state index contributed by atoms with van der Waals surface area (Å²) in [5.74, 6) is 0.626. The number of rotatable bonds is 6. The largest absolute Gasteiger partial charge is 0.496 e. The number of carbonyl (C=O) groups excluding carboxylic acids is 1. The van der Waals surface area contributed by atoms with Gasteiger partial charge in [0.2, 0.25) is 0 Å². The fourth-order valence-corrected chi connectivity index (χ4v) is 2.06. The van der Waals surface area contributed by atoms with E-state index in [1.807, 2.05) is 42.5 Å². The first kappa shape index (κ1) is 15.1. The number of hydrogen-bond acceptors (Lipinski definition) is 3. The van der Waals surface area contributed by atoms with E-state index in [-0.39, 0.29) is 5.91 Å². The van der Waals surface area contributed by atoms with Gasteiger partial charge in [-0.25, -0.2) is 0 Å². The summed E-state index contributed by atoms with van der Waals surface area (Å²) in [6.07, 6.45) is 0. The van der Waals surface area contributed by atoms with Gasteiger partial charge in [0.1, 0.15) is 5.75 Å². The van der Waals surface area contributed by atoms with Gasteiger partial charge < -0.3 is 14.8 Å². The molecule has 0 aliphatic heterocycles. The van der Waals surface area contributed by atoms with E-state index >= 15 is 0 Å². The van der Waals surface area contributed by atoms with Crippen LogP contribution in [0.4, 0.5) is 0 Å². The third-order valence-electron chi connectivity index (χ3n) is 3.14. The maximum absolute atomic E-state index is 12.1. The van der Waals surface area contributed by atoms with Crippen molar-refractivity contribution in [3.63, 3.8) is 0 Å². The second kappa shape index (κ2) is 7.45. The summed E-state index contributed by atoms with van der Waals surface area (Å²) in [7, 11) is 3.23. The summed E-state index contributed by atoms with van der Waals surface area (Å²) >= 11 is 0. The van der Waals surface area contributed by atoms with Gasteiger partial charge in [-0.15, -0.1) is 0 Å². The average Bonchev–Trinajstić information content (AvgIpc) is 2.55. The van der Waals surface area contributed by atoms with Crippen LogP contribution in [-0.4, -0.2) is 33.3 Å². The molecule has 0 aromatic heterocycles. The molecule has 110 valence electrons. The van der Waals surface area contributed by atoms with Gasteiger partial charge in [0.05, 0.1) is 13.7 Å². The normalized spacial score (nSPS) is 10.2. The molecule has 0 spiro atoms. The summed E-state index contributed by atoms with van der Waals surface area (Å²) < 4.78 is 10.3. The van der Waals surface area contributed by atoms with Gasteiger partial charge in [0.25, 0.3) is 5.91 Å². The molecule has 1 N–H and O–H groups in total. The maximum Gasteiger partial charge on any atom is 0.251 e. The lowest BCUT2D eigenvalue weighted by Crippen LogP contribution is -2.26. The Morgan fingerprint density at radius 3 is 2.52 bits per heavy atom. The molecule has 0 fully saturated rings. The van der Waals surface area contributed by atoms with Crippen molar-refractivity contribution in [1.82, 2.24) is 5.32 Å². The van der Waals surface area contributed by atoms with E-state index in [0.717, 1.165) is 16.9 Å². The lowest BCUT2D eigenvalue weighted by Gasteiger charge is -2.11. The quantitative estimate of drug-likeness (QED) is 0.830. The van der Waals surface area contributed by atoms with Gasteiger partial charge in [0, 0.05) is 24.8 Å². The van der Waals surface area contributed by atoms with Crippen molar-refractivity contribution in [2.45, 2.75) is 0 Å². The average molecular weight is 285 g/mol. The molecule has 2 aromatic rings. The van der Waals surface area contributed by atoms with E-state index in [2.05, 4.69) is 5.32 Å². The summed E-state index contributed by atoms with van der Waals surface area (Å²) in [6.45, 7) is 0.982. The van der Waals surface area contributed by atoms with Crippen molar-refractivity contribution in [2.75, 3.05) is 27.4 Å². The number of nitrogens with one attached hydrogen (secondary N) is 1. The Morgan fingerprint density at radius 1 is 1.10 bits per heavy atom. The first-order valence-electron chi connectivity index (χ1n) is 6.77. The van der Waals surface area contributed by atoms with Gasteiger partial charge >= 0.3 is 0 Å². The molecule has 0 heterocycles. The molecule has 0 saturated heterocycles. The highest BCUT2D eigenvalue weighted by Gasteiger charge is 2.11. The fraction of sp³-hybridized carbons (Fsp3) is 0.235. The van der Waals surface area contributed by atoms with Crippen molar-refractivity contribution < 1.29 is 14.3 Å². The van der Waals surface area contributed by atoms with Crippen LogP contribution in [-0.2, 0) is 4.74 Å². The SMILES string of the molecule is COCCNC(=O)c1ccc(OC)c(-c2ccccc2)c1. The summed E-state index contributed by atoms with van der Waals surface area (Å²) in [6, 6.07) is 15.3. The highest BCUT2D eigenvalue weighted by molar-refractivity contribution is 5.96. The number of benzene rings is 2. The predicted molar refractivity (Wildman–Crippen MR) is 82.6 cm³/mol. The van der Waals surface area contributed by atoms with Crippen LogP contribution in [0.15, 0.2) is 48.5 Å². The monoisotopic (exact) mass is 285 g/mol. The third-order valence-corrected chi connectivity index (χ3v) is 3.14. The second-order valence-electron chi connectivity index (χ2n) is 4.53. The van der Waals surface area contributed by atoms with E-state index in [9.17, 15) is 4.79 Å². The van der Waals surface area contributed by atoms with Crippen LogP contribution in [0.2, 0.25) is 0 Å². The Morgan fingerprint density at radius 2 is 1.86 bits per heavy atom. The van der Waals surface area contributed by atoms with Gasteiger partial charge in [-0.3, -0.25) is 4.79 Å². The Kier molecular flexibility index (Phi) is 5.35. The Labute approximate surface area is 124 Å². The molecule has 0 bridgehead atoms. The minimum absolute atomic E-state index is 0.119. The van der Waals surface area contributed by atoms with Gasteiger partial charge in [0.15, 0.2) is 0 Å². The zero-order valence-corrected chi connectivity index (χ0v) is 12.3. The van der Waals surface area contributed by atoms with Gasteiger partial charge in [-0.2, -0.15) is 0 Å². The lowest BCUT2D eigenvalue weighted by atomic mass is 10.0. The van der Waals surface area contributed by atoms with Crippen molar-refractivity contribution in [1.29, 1.82) is 0 Å². The van der Waals surface area contributed by atoms with Crippen molar-refractivity contribution in [3.8, 4) is 16.9 Å². The molecule has 0 radical (unpaired) electrons. The Bertz CT molecular complexity index is 596. The van der Waals surface area contributed by atoms with Gasteiger partial charge in [-0.1, -0.05) is 30.3 Å². The first-order valence-corrected chi connectivity index (χ1v) is 6.77. The Balaban J connectivity index is 2.28. The molecular weight excluding hydrogens is 266 g/mol. The van der Waals surface area contributed by atoms with Crippen molar-refractivity contribution in [3.05, 3.63) is 54.1 Å². The predicted octanol–water partition coefficient (Wildman–Crippen LogP) is 2.74. The fourth-order valence-electron chi connectivity index (χ4n) is 2.06. The highest BCUT2D eigenvalue weighted by Crippen LogP contribution is 2.30.